The van der Waals surface area contributed by atoms with Gasteiger partial charge in [0.15, 0.2) is 0 Å². The van der Waals surface area contributed by atoms with E-state index in [1.165, 1.54) is 5.56 Å². The predicted octanol–water partition coefficient (Wildman–Crippen LogP) is 1.30. The van der Waals surface area contributed by atoms with Crippen LogP contribution < -0.4 is 15.5 Å². The SMILES string of the molecule is CNCC1C(=O)NCCC(C)N1c1ccccc1C. The number of likely N-dealkylation sites (N-methyl/N-ethyl adjacent to an activating group) is 1. The largest absolute Gasteiger partial charge is 0.355 e. The molecule has 4 heteroatoms. The molecule has 0 aliphatic carbocycles. The second-order valence-corrected chi connectivity index (χ2v) is 5.20. The van der Waals surface area contributed by atoms with Crippen LogP contribution >= 0.6 is 0 Å². The fourth-order valence-corrected chi connectivity index (χ4v) is 2.74. The molecule has 1 heterocycles. The smallest absolute Gasteiger partial charge is 0.244 e. The van der Waals surface area contributed by atoms with E-state index in [4.69, 9.17) is 0 Å². The first kappa shape index (κ1) is 13.9. The van der Waals surface area contributed by atoms with Crippen LogP contribution in [0.2, 0.25) is 0 Å². The Kier molecular flexibility index (Phi) is 4.43. The van der Waals surface area contributed by atoms with Crippen LogP contribution in [-0.4, -0.2) is 38.1 Å². The van der Waals surface area contributed by atoms with E-state index in [0.29, 0.717) is 12.6 Å². The molecule has 1 aliphatic rings. The van der Waals surface area contributed by atoms with Gasteiger partial charge in [-0.15, -0.1) is 0 Å². The maximum Gasteiger partial charge on any atom is 0.244 e. The zero-order valence-corrected chi connectivity index (χ0v) is 11.9. The second-order valence-electron chi connectivity index (χ2n) is 5.20. The van der Waals surface area contributed by atoms with Crippen LogP contribution in [0.1, 0.15) is 18.9 Å². The van der Waals surface area contributed by atoms with Crippen LogP contribution in [0.15, 0.2) is 24.3 Å². The highest BCUT2D eigenvalue weighted by Gasteiger charge is 2.32. The Balaban J connectivity index is 2.40. The Bertz CT molecular complexity index is 447. The van der Waals surface area contributed by atoms with Gasteiger partial charge in [-0.2, -0.15) is 0 Å². The number of para-hydroxylation sites is 1. The summed E-state index contributed by atoms with van der Waals surface area (Å²) in [4.78, 5) is 14.5. The lowest BCUT2D eigenvalue weighted by atomic mass is 10.1. The Morgan fingerprint density at radius 1 is 1.42 bits per heavy atom. The fraction of sp³-hybridized carbons (Fsp3) is 0.533. The van der Waals surface area contributed by atoms with Gasteiger partial charge < -0.3 is 15.5 Å². The van der Waals surface area contributed by atoms with E-state index in [-0.39, 0.29) is 11.9 Å². The van der Waals surface area contributed by atoms with Gasteiger partial charge in [0.05, 0.1) is 0 Å². The maximum atomic E-state index is 12.3. The summed E-state index contributed by atoms with van der Waals surface area (Å²) in [6.07, 6.45) is 0.973. The third kappa shape index (κ3) is 2.89. The lowest BCUT2D eigenvalue weighted by Gasteiger charge is -2.36. The van der Waals surface area contributed by atoms with Gasteiger partial charge in [-0.25, -0.2) is 0 Å². The van der Waals surface area contributed by atoms with Crippen molar-refractivity contribution in [2.24, 2.45) is 0 Å². The summed E-state index contributed by atoms with van der Waals surface area (Å²) in [6, 6.07) is 8.47. The van der Waals surface area contributed by atoms with Gasteiger partial charge in [-0.05, 0) is 38.9 Å². The zero-order chi connectivity index (χ0) is 13.8. The first-order chi connectivity index (χ1) is 9.15. The first-order valence-electron chi connectivity index (χ1n) is 6.91. The average molecular weight is 261 g/mol. The molecule has 1 saturated heterocycles. The van der Waals surface area contributed by atoms with Gasteiger partial charge in [0.2, 0.25) is 5.91 Å². The summed E-state index contributed by atoms with van der Waals surface area (Å²) >= 11 is 0. The number of carbonyl (C=O) groups is 1. The fourth-order valence-electron chi connectivity index (χ4n) is 2.74. The lowest BCUT2D eigenvalue weighted by molar-refractivity contribution is -0.121. The number of amides is 1. The molecule has 0 bridgehead atoms. The number of aryl methyl sites for hydroxylation is 1. The van der Waals surface area contributed by atoms with Gasteiger partial charge in [-0.1, -0.05) is 18.2 Å². The van der Waals surface area contributed by atoms with Crippen LogP contribution in [0, 0.1) is 6.92 Å². The second kappa shape index (κ2) is 6.06. The standard InChI is InChI=1S/C15H23N3O/c1-11-6-4-5-7-13(11)18-12(2)8-9-17-15(19)14(18)10-16-3/h4-7,12,14,16H,8-10H2,1-3H3,(H,17,19). The Morgan fingerprint density at radius 3 is 2.84 bits per heavy atom. The number of benzene rings is 1. The van der Waals surface area contributed by atoms with Gasteiger partial charge in [0.1, 0.15) is 6.04 Å². The van der Waals surface area contributed by atoms with E-state index in [2.05, 4.69) is 41.5 Å². The maximum absolute atomic E-state index is 12.3. The van der Waals surface area contributed by atoms with E-state index in [1.807, 2.05) is 19.2 Å². The molecular formula is C15H23N3O. The first-order valence-corrected chi connectivity index (χ1v) is 6.91. The number of nitrogens with one attached hydrogen (secondary N) is 2. The Hall–Kier alpha value is -1.55. The number of nitrogens with zero attached hydrogens (tertiary/aromatic N) is 1. The third-order valence-electron chi connectivity index (χ3n) is 3.77. The van der Waals surface area contributed by atoms with E-state index in [9.17, 15) is 4.79 Å². The topological polar surface area (TPSA) is 44.4 Å². The number of carbonyl (C=O) groups excluding carboxylic acids is 1. The van der Waals surface area contributed by atoms with E-state index in [1.54, 1.807) is 0 Å². The lowest BCUT2D eigenvalue weighted by Crippen LogP contribution is -2.52. The van der Waals surface area contributed by atoms with Crippen molar-refractivity contribution in [3.63, 3.8) is 0 Å². The monoisotopic (exact) mass is 261 g/mol. The van der Waals surface area contributed by atoms with Gasteiger partial charge in [0.25, 0.3) is 0 Å². The molecule has 0 radical (unpaired) electrons. The predicted molar refractivity (Wildman–Crippen MR) is 78.5 cm³/mol. The van der Waals surface area contributed by atoms with Crippen molar-refractivity contribution in [3.05, 3.63) is 29.8 Å². The molecule has 4 nitrogen and oxygen atoms in total. The highest BCUT2D eigenvalue weighted by Crippen LogP contribution is 2.26. The summed E-state index contributed by atoms with van der Waals surface area (Å²) in [6.45, 7) is 5.70. The Morgan fingerprint density at radius 2 is 2.16 bits per heavy atom. The van der Waals surface area contributed by atoms with Crippen LogP contribution in [0.4, 0.5) is 5.69 Å². The molecule has 2 atom stereocenters. The Labute approximate surface area is 115 Å². The van der Waals surface area contributed by atoms with Crippen LogP contribution in [-0.2, 0) is 4.79 Å². The van der Waals surface area contributed by atoms with Gasteiger partial charge in [0, 0.05) is 24.8 Å². The molecule has 0 aromatic heterocycles. The summed E-state index contributed by atoms with van der Waals surface area (Å²) in [5.41, 5.74) is 2.37. The molecule has 1 aromatic rings. The highest BCUT2D eigenvalue weighted by atomic mass is 16.2. The van der Waals surface area contributed by atoms with Crippen molar-refractivity contribution < 1.29 is 4.79 Å². The van der Waals surface area contributed by atoms with Crippen molar-refractivity contribution >= 4 is 11.6 Å². The molecular weight excluding hydrogens is 238 g/mol. The number of anilines is 1. The van der Waals surface area contributed by atoms with Crippen molar-refractivity contribution in [3.8, 4) is 0 Å². The molecule has 1 fully saturated rings. The quantitative estimate of drug-likeness (QED) is 0.862. The van der Waals surface area contributed by atoms with Crippen LogP contribution in [0.5, 0.6) is 0 Å². The normalized spacial score (nSPS) is 23.9. The summed E-state index contributed by atoms with van der Waals surface area (Å²) < 4.78 is 0. The number of hydrogen-bond acceptors (Lipinski definition) is 3. The minimum Gasteiger partial charge on any atom is -0.355 e. The number of hydrogen-bond donors (Lipinski definition) is 2. The molecule has 1 aromatic carbocycles. The summed E-state index contributed by atoms with van der Waals surface area (Å²) in [7, 11) is 1.89. The number of rotatable bonds is 3. The molecule has 19 heavy (non-hydrogen) atoms. The van der Waals surface area contributed by atoms with Crippen LogP contribution in [0.25, 0.3) is 0 Å². The van der Waals surface area contributed by atoms with Crippen LogP contribution in [0.3, 0.4) is 0 Å². The average Bonchev–Trinajstić information content (AvgIpc) is 2.52. The molecule has 1 aliphatic heterocycles. The third-order valence-corrected chi connectivity index (χ3v) is 3.77. The minimum absolute atomic E-state index is 0.113. The van der Waals surface area contributed by atoms with Gasteiger partial charge >= 0.3 is 0 Å². The highest BCUT2D eigenvalue weighted by molar-refractivity contribution is 5.86. The molecule has 0 saturated carbocycles. The zero-order valence-electron chi connectivity index (χ0n) is 11.9. The molecule has 104 valence electrons. The van der Waals surface area contributed by atoms with E-state index in [0.717, 1.165) is 18.7 Å². The summed E-state index contributed by atoms with van der Waals surface area (Å²) in [5, 5.41) is 6.14. The van der Waals surface area contributed by atoms with E-state index < -0.39 is 0 Å². The van der Waals surface area contributed by atoms with Crippen molar-refractivity contribution in [2.45, 2.75) is 32.4 Å². The molecule has 2 rings (SSSR count). The molecule has 2 unspecified atom stereocenters. The van der Waals surface area contributed by atoms with E-state index >= 15 is 0 Å². The summed E-state index contributed by atoms with van der Waals surface area (Å²) in [5.74, 6) is 0.113. The van der Waals surface area contributed by atoms with Crippen molar-refractivity contribution in [1.29, 1.82) is 0 Å². The molecule has 0 spiro atoms. The minimum atomic E-state index is -0.149. The van der Waals surface area contributed by atoms with Gasteiger partial charge in [-0.3, -0.25) is 4.79 Å². The molecule has 2 N–H and O–H groups in total. The molecule has 1 amide bonds. The van der Waals surface area contributed by atoms with Crippen molar-refractivity contribution in [2.75, 3.05) is 25.0 Å². The van der Waals surface area contributed by atoms with Crippen molar-refractivity contribution in [1.82, 2.24) is 10.6 Å².